The summed E-state index contributed by atoms with van der Waals surface area (Å²) in [6.07, 6.45) is -30.4. The summed E-state index contributed by atoms with van der Waals surface area (Å²) >= 11 is 0. The highest BCUT2D eigenvalue weighted by Crippen LogP contribution is 2.70. The van der Waals surface area contributed by atoms with E-state index < -0.39 is 172 Å². The summed E-state index contributed by atoms with van der Waals surface area (Å²) in [5.41, 5.74) is -1.03. The first-order chi connectivity index (χ1) is 35.1. The first-order valence-corrected chi connectivity index (χ1v) is 26.8. The van der Waals surface area contributed by atoms with Gasteiger partial charge in [0.1, 0.15) is 97.3 Å². The van der Waals surface area contributed by atoms with Crippen LogP contribution in [0.25, 0.3) is 0 Å². The molecular weight excluding hydrogens is 985 g/mol. The van der Waals surface area contributed by atoms with Crippen molar-refractivity contribution >= 4 is 5.78 Å². The SMILES string of the molecule is C[C@@H]1CC[C@@]2(OC1)O[C@H]1C[C@H]3[C@@H]4C[C@@H](O)[C@H]5C[C@@H](O[C@@H]6O[C@H](CO)[C@H](O[C@@H]7O[C@H](CO)[C@@H](O)[C@H](O[C@@H]8OC[C@@H](O)[C@H](O)[C@H]8O)[C@H]7O[C@@H]7O[C@H](CO)[C@@H](O)[C@H](O)[C@H]7O)[C@H](O)[C@H]6O)CC[C@]5(C)[C@H]4CC(=O)[C@]3(C)[C@H]1[C@@H]2C. The molecule has 6 saturated heterocycles. The molecule has 4 saturated carbocycles. The van der Waals surface area contributed by atoms with Crippen molar-refractivity contribution in [2.45, 2.75) is 220 Å². The van der Waals surface area contributed by atoms with Gasteiger partial charge in [-0.1, -0.05) is 27.7 Å². The van der Waals surface area contributed by atoms with Gasteiger partial charge in [0, 0.05) is 30.1 Å². The summed E-state index contributed by atoms with van der Waals surface area (Å²) in [6, 6.07) is 0. The number of carbonyl (C=O) groups excluding carboxylic acids is 1. The van der Waals surface area contributed by atoms with Gasteiger partial charge >= 0.3 is 0 Å². The molecule has 24 heteroatoms. The molecule has 0 radical (unpaired) electrons. The highest BCUT2D eigenvalue weighted by molar-refractivity contribution is 5.87. The lowest BCUT2D eigenvalue weighted by Crippen LogP contribution is -2.68. The Balaban J connectivity index is 0.830. The number of aliphatic hydroxyl groups excluding tert-OH is 13. The maximum absolute atomic E-state index is 14.7. The van der Waals surface area contributed by atoms with Gasteiger partial charge in [-0.25, -0.2) is 0 Å². The molecule has 10 fully saturated rings. The second-order valence-corrected chi connectivity index (χ2v) is 23.9. The standard InChI is InChI=1S/C50H80O24/c1-18-5-8-50(66-16-18)19(2)32-27(74-50)11-23-21-10-25(54)24-9-20(6-7-48(24,3)22(21)12-31(56)49(23,32)4)67-45-40(64)37(61)41(30(15-53)70-45)71-47-43(73-46-39(63)36(60)34(58)28(13-51)68-46)42(35(59)29(14-52)69-47)72-44-38(62)33(57)26(55)17-65-44/h18-30,32-47,51-55,57-64H,5-17H2,1-4H3/t18-,19+,20+,21-,22+,23+,24-,25-,26-,27+,28-,29-,30-,32+,33+,34-,35-,36+,37-,38-,39-,40-,41+,42+,43-,44+,45-,46+,47+,48-,49-,50-/m1/s1. The Morgan fingerprint density at radius 2 is 1.19 bits per heavy atom. The predicted octanol–water partition coefficient (Wildman–Crippen LogP) is -4.12. The molecule has 0 amide bonds. The first kappa shape index (κ1) is 56.0. The number of aliphatic hydroxyl groups is 13. The van der Waals surface area contributed by atoms with Gasteiger partial charge in [-0.2, -0.15) is 0 Å². The molecule has 0 aromatic carbocycles. The van der Waals surface area contributed by atoms with Crippen LogP contribution in [0.3, 0.4) is 0 Å². The van der Waals surface area contributed by atoms with Gasteiger partial charge in [0.25, 0.3) is 0 Å². The van der Waals surface area contributed by atoms with E-state index >= 15 is 0 Å². The molecule has 4 aliphatic carbocycles. The molecule has 6 aliphatic heterocycles. The van der Waals surface area contributed by atoms with Gasteiger partial charge in [0.2, 0.25) is 0 Å². The number of hydrogen-bond donors (Lipinski definition) is 13. The van der Waals surface area contributed by atoms with Crippen LogP contribution < -0.4 is 0 Å². The van der Waals surface area contributed by atoms with Crippen LogP contribution >= 0.6 is 0 Å². The summed E-state index contributed by atoms with van der Waals surface area (Å²) in [5, 5.41) is 141. The van der Waals surface area contributed by atoms with Crippen LogP contribution in [0.5, 0.6) is 0 Å². The maximum atomic E-state index is 14.7. The topological polar surface area (TPSA) is 372 Å². The summed E-state index contributed by atoms with van der Waals surface area (Å²) in [5.74, 6) is -0.0338. The molecular formula is C50H80O24. The van der Waals surface area contributed by atoms with Gasteiger partial charge in [0.15, 0.2) is 30.9 Å². The average molecular weight is 1070 g/mol. The lowest BCUT2D eigenvalue weighted by atomic mass is 9.43. The van der Waals surface area contributed by atoms with Crippen LogP contribution in [0, 0.1) is 52.3 Å². The molecule has 32 atom stereocenters. The molecule has 13 N–H and O–H groups in total. The number of ketones is 1. The van der Waals surface area contributed by atoms with Crippen molar-refractivity contribution in [3.63, 3.8) is 0 Å². The second-order valence-electron chi connectivity index (χ2n) is 23.9. The van der Waals surface area contributed by atoms with E-state index in [9.17, 15) is 71.2 Å². The predicted molar refractivity (Wildman–Crippen MR) is 244 cm³/mol. The Hall–Kier alpha value is -1.25. The van der Waals surface area contributed by atoms with Crippen molar-refractivity contribution in [1.29, 1.82) is 0 Å². The third-order valence-electron chi connectivity index (χ3n) is 19.9. The average Bonchev–Trinajstić information content (AvgIpc) is 3.83. The smallest absolute Gasteiger partial charge is 0.187 e. The third kappa shape index (κ3) is 9.26. The molecule has 6 heterocycles. The Morgan fingerprint density at radius 3 is 1.88 bits per heavy atom. The Morgan fingerprint density at radius 1 is 0.568 bits per heavy atom. The van der Waals surface area contributed by atoms with Crippen molar-refractivity contribution in [3.8, 4) is 0 Å². The van der Waals surface area contributed by atoms with Gasteiger partial charge in [-0.05, 0) is 73.5 Å². The van der Waals surface area contributed by atoms with Crippen LogP contribution in [0.1, 0.15) is 79.1 Å². The van der Waals surface area contributed by atoms with E-state index in [1.807, 2.05) is 0 Å². The van der Waals surface area contributed by atoms with Gasteiger partial charge < -0.3 is 114 Å². The highest BCUT2D eigenvalue weighted by Gasteiger charge is 2.72. The van der Waals surface area contributed by atoms with E-state index in [0.29, 0.717) is 44.6 Å². The lowest BCUT2D eigenvalue weighted by Gasteiger charge is -2.62. The highest BCUT2D eigenvalue weighted by atomic mass is 16.8. The van der Waals surface area contributed by atoms with Gasteiger partial charge in [-0.15, -0.1) is 0 Å². The number of Topliss-reactive ketones (excluding diaryl/α,β-unsaturated/α-hetero) is 1. The quantitative estimate of drug-likeness (QED) is 0.0874. The minimum Gasteiger partial charge on any atom is -0.394 e. The molecule has 10 rings (SSSR count). The fraction of sp³-hybridized carbons (Fsp3) is 0.980. The molecule has 0 aromatic rings. The third-order valence-corrected chi connectivity index (χ3v) is 19.9. The number of fused-ring (bicyclic) bond motifs is 7. The molecule has 10 aliphatic rings. The molecule has 24 nitrogen and oxygen atoms in total. The van der Waals surface area contributed by atoms with Gasteiger partial charge in [-0.3, -0.25) is 4.79 Å². The zero-order valence-corrected chi connectivity index (χ0v) is 42.2. The van der Waals surface area contributed by atoms with Crippen LogP contribution in [-0.4, -0.2) is 246 Å². The molecule has 0 unspecified atom stereocenters. The second kappa shape index (κ2) is 21.3. The minimum absolute atomic E-state index is 0.0131. The summed E-state index contributed by atoms with van der Waals surface area (Å²) in [6.45, 7) is 6.16. The number of hydrogen-bond acceptors (Lipinski definition) is 24. The van der Waals surface area contributed by atoms with E-state index in [4.69, 9.17) is 47.4 Å². The Bertz CT molecular complexity index is 1940. The fourth-order valence-electron chi connectivity index (χ4n) is 15.6. The maximum Gasteiger partial charge on any atom is 0.187 e. The fourth-order valence-corrected chi connectivity index (χ4v) is 15.6. The Labute approximate surface area is 428 Å². The van der Waals surface area contributed by atoms with Crippen LogP contribution in [0.2, 0.25) is 0 Å². The molecule has 0 aromatic heterocycles. The van der Waals surface area contributed by atoms with Crippen molar-refractivity contribution in [3.05, 3.63) is 0 Å². The van der Waals surface area contributed by atoms with E-state index in [0.717, 1.165) is 19.3 Å². The lowest BCUT2D eigenvalue weighted by molar-refractivity contribution is -0.404. The van der Waals surface area contributed by atoms with E-state index in [-0.39, 0.29) is 47.4 Å². The molecule has 0 bridgehead atoms. The summed E-state index contributed by atoms with van der Waals surface area (Å²) < 4.78 is 60.9. The zero-order chi connectivity index (χ0) is 53.1. The van der Waals surface area contributed by atoms with Crippen molar-refractivity contribution in [2.24, 2.45) is 52.3 Å². The molecule has 424 valence electrons. The van der Waals surface area contributed by atoms with Crippen molar-refractivity contribution in [1.82, 2.24) is 0 Å². The van der Waals surface area contributed by atoms with Crippen molar-refractivity contribution in [2.75, 3.05) is 33.0 Å². The first-order valence-electron chi connectivity index (χ1n) is 26.8. The largest absolute Gasteiger partial charge is 0.394 e. The summed E-state index contributed by atoms with van der Waals surface area (Å²) in [4.78, 5) is 14.7. The van der Waals surface area contributed by atoms with Crippen LogP contribution in [0.15, 0.2) is 0 Å². The molecule has 1 spiro atoms. The van der Waals surface area contributed by atoms with E-state index in [1.165, 1.54) is 0 Å². The number of ether oxygens (including phenoxy) is 10. The normalized spacial score (nSPS) is 57.6. The number of rotatable bonds is 11. The monoisotopic (exact) mass is 1060 g/mol. The summed E-state index contributed by atoms with van der Waals surface area (Å²) in [7, 11) is 0. The van der Waals surface area contributed by atoms with Gasteiger partial charge in [0.05, 0.1) is 51.3 Å². The van der Waals surface area contributed by atoms with Crippen molar-refractivity contribution < 1.29 is 119 Å². The minimum atomic E-state index is -2.03. The van der Waals surface area contributed by atoms with E-state index in [1.54, 1.807) is 0 Å². The van der Waals surface area contributed by atoms with Crippen LogP contribution in [0.4, 0.5) is 0 Å². The zero-order valence-electron chi connectivity index (χ0n) is 42.2. The molecule has 74 heavy (non-hydrogen) atoms. The Kier molecular flexibility index (Phi) is 16.2. The van der Waals surface area contributed by atoms with Crippen LogP contribution in [-0.2, 0) is 52.2 Å². The number of carbonyl (C=O) groups is 1. The van der Waals surface area contributed by atoms with E-state index in [2.05, 4.69) is 27.7 Å².